The summed E-state index contributed by atoms with van der Waals surface area (Å²) in [6.45, 7) is 5.59. The van der Waals surface area contributed by atoms with Crippen molar-refractivity contribution in [3.8, 4) is 11.5 Å². The van der Waals surface area contributed by atoms with E-state index in [2.05, 4.69) is 5.32 Å². The molecule has 0 aliphatic heterocycles. The second-order valence-electron chi connectivity index (χ2n) is 6.33. The molecule has 144 valence electrons. The fourth-order valence-corrected chi connectivity index (χ4v) is 2.59. The van der Waals surface area contributed by atoms with Crippen LogP contribution in [0.5, 0.6) is 11.5 Å². The fourth-order valence-electron chi connectivity index (χ4n) is 2.59. The second-order valence-corrected chi connectivity index (χ2v) is 6.33. The van der Waals surface area contributed by atoms with Crippen molar-refractivity contribution in [1.29, 1.82) is 0 Å². The van der Waals surface area contributed by atoms with Crippen molar-refractivity contribution >= 4 is 23.2 Å². The molecule has 0 fully saturated rings. The Morgan fingerprint density at radius 3 is 2.33 bits per heavy atom. The van der Waals surface area contributed by atoms with Crippen LogP contribution in [-0.4, -0.2) is 31.6 Å². The van der Waals surface area contributed by atoms with E-state index in [1.165, 1.54) is 6.92 Å². The molecule has 0 saturated heterocycles. The minimum absolute atomic E-state index is 0.0154. The smallest absolute Gasteiger partial charge is 0.226 e. The molecule has 2 amide bonds. The summed E-state index contributed by atoms with van der Waals surface area (Å²) in [6.07, 6.45) is 0.153. The lowest BCUT2D eigenvalue weighted by atomic mass is 10.2. The van der Waals surface area contributed by atoms with E-state index in [1.54, 1.807) is 36.3 Å². The highest BCUT2D eigenvalue weighted by molar-refractivity contribution is 5.95. The van der Waals surface area contributed by atoms with Crippen LogP contribution < -0.4 is 19.7 Å². The summed E-state index contributed by atoms with van der Waals surface area (Å²) in [7, 11) is 1.59. The third-order valence-corrected chi connectivity index (χ3v) is 3.84. The van der Waals surface area contributed by atoms with Crippen LogP contribution >= 0.6 is 0 Å². The molecule has 0 heterocycles. The van der Waals surface area contributed by atoms with Crippen LogP contribution in [0, 0.1) is 0 Å². The molecule has 6 heteroatoms. The molecule has 2 aromatic carbocycles. The van der Waals surface area contributed by atoms with Crippen LogP contribution in [0.2, 0.25) is 0 Å². The van der Waals surface area contributed by atoms with Crippen molar-refractivity contribution < 1.29 is 19.1 Å². The summed E-state index contributed by atoms with van der Waals surface area (Å²) in [5, 5.41) is 2.82. The molecule has 0 aliphatic carbocycles. The highest BCUT2D eigenvalue weighted by Gasteiger charge is 2.18. The van der Waals surface area contributed by atoms with Gasteiger partial charge in [0.05, 0.1) is 18.9 Å². The Bertz CT molecular complexity index is 772. The number of nitrogens with one attached hydrogen (secondary N) is 1. The lowest BCUT2D eigenvalue weighted by Crippen LogP contribution is -2.32. The van der Waals surface area contributed by atoms with Crippen molar-refractivity contribution in [2.75, 3.05) is 23.9 Å². The van der Waals surface area contributed by atoms with Crippen LogP contribution in [-0.2, 0) is 9.59 Å². The first kappa shape index (κ1) is 20.3. The zero-order chi connectivity index (χ0) is 19.8. The van der Waals surface area contributed by atoms with E-state index >= 15 is 0 Å². The Hall–Kier alpha value is -3.02. The summed E-state index contributed by atoms with van der Waals surface area (Å²) < 4.78 is 10.9. The summed E-state index contributed by atoms with van der Waals surface area (Å²) in [6, 6.07) is 14.4. The van der Waals surface area contributed by atoms with Gasteiger partial charge in [0.1, 0.15) is 11.5 Å². The Morgan fingerprint density at radius 2 is 1.74 bits per heavy atom. The maximum Gasteiger partial charge on any atom is 0.226 e. The molecular weight excluding hydrogens is 344 g/mol. The number of hydrogen-bond acceptors (Lipinski definition) is 4. The number of ether oxygens (including phenoxy) is 2. The van der Waals surface area contributed by atoms with Crippen LogP contribution in [0.15, 0.2) is 48.5 Å². The molecule has 6 nitrogen and oxygen atoms in total. The number of hydrogen-bond donors (Lipinski definition) is 1. The zero-order valence-corrected chi connectivity index (χ0v) is 16.2. The largest absolute Gasteiger partial charge is 0.497 e. The number of para-hydroxylation sites is 2. The van der Waals surface area contributed by atoms with Gasteiger partial charge in [-0.15, -0.1) is 0 Å². The molecule has 0 radical (unpaired) electrons. The molecule has 0 unspecified atom stereocenters. The Balaban J connectivity index is 2.04. The number of methoxy groups -OCH3 is 1. The first-order valence-electron chi connectivity index (χ1n) is 8.88. The molecule has 0 bridgehead atoms. The molecule has 2 aromatic rings. The van der Waals surface area contributed by atoms with Gasteiger partial charge in [0.25, 0.3) is 0 Å². The topological polar surface area (TPSA) is 67.9 Å². The van der Waals surface area contributed by atoms with Crippen molar-refractivity contribution in [2.24, 2.45) is 0 Å². The molecule has 2 rings (SSSR count). The zero-order valence-electron chi connectivity index (χ0n) is 16.2. The van der Waals surface area contributed by atoms with E-state index < -0.39 is 0 Å². The van der Waals surface area contributed by atoms with E-state index in [9.17, 15) is 9.59 Å². The molecule has 27 heavy (non-hydrogen) atoms. The summed E-state index contributed by atoms with van der Waals surface area (Å²) in [5.41, 5.74) is 1.34. The van der Waals surface area contributed by atoms with E-state index in [0.717, 1.165) is 5.75 Å². The molecule has 0 aliphatic rings. The number of amides is 2. The highest BCUT2D eigenvalue weighted by Crippen LogP contribution is 2.29. The van der Waals surface area contributed by atoms with Gasteiger partial charge in [-0.2, -0.15) is 0 Å². The predicted molar refractivity (Wildman–Crippen MR) is 106 cm³/mol. The second kappa shape index (κ2) is 9.62. The summed E-state index contributed by atoms with van der Waals surface area (Å²) in [4.78, 5) is 26.0. The van der Waals surface area contributed by atoms with Crippen molar-refractivity contribution in [3.05, 3.63) is 48.5 Å². The van der Waals surface area contributed by atoms with Gasteiger partial charge in [-0.1, -0.05) is 12.1 Å². The van der Waals surface area contributed by atoms with Crippen LogP contribution in [0.3, 0.4) is 0 Å². The monoisotopic (exact) mass is 370 g/mol. The predicted octanol–water partition coefficient (Wildman–Crippen LogP) is 3.86. The maximum absolute atomic E-state index is 12.3. The molecular formula is C21H26N2O4. The summed E-state index contributed by atoms with van der Waals surface area (Å²) in [5.74, 6) is 1.02. The van der Waals surface area contributed by atoms with E-state index in [4.69, 9.17) is 9.47 Å². The van der Waals surface area contributed by atoms with Gasteiger partial charge in [0.2, 0.25) is 11.8 Å². The molecule has 1 N–H and O–H groups in total. The van der Waals surface area contributed by atoms with Crippen molar-refractivity contribution in [1.82, 2.24) is 0 Å². The summed E-state index contributed by atoms with van der Waals surface area (Å²) >= 11 is 0. The average molecular weight is 370 g/mol. The Labute approximate surface area is 160 Å². The number of benzene rings is 2. The fraction of sp³-hybridized carbons (Fsp3) is 0.333. The van der Waals surface area contributed by atoms with Crippen LogP contribution in [0.1, 0.15) is 27.2 Å². The van der Waals surface area contributed by atoms with Crippen molar-refractivity contribution in [3.63, 3.8) is 0 Å². The number of nitrogens with zero attached hydrogens (tertiary/aromatic N) is 1. The number of carbonyl (C=O) groups is 2. The van der Waals surface area contributed by atoms with Crippen molar-refractivity contribution in [2.45, 2.75) is 33.3 Å². The van der Waals surface area contributed by atoms with E-state index in [1.807, 2.05) is 38.1 Å². The number of rotatable bonds is 8. The third-order valence-electron chi connectivity index (χ3n) is 3.84. The molecule has 0 spiro atoms. The van der Waals surface area contributed by atoms with Gasteiger partial charge in [0.15, 0.2) is 0 Å². The van der Waals surface area contributed by atoms with Gasteiger partial charge in [-0.3, -0.25) is 9.59 Å². The van der Waals surface area contributed by atoms with E-state index in [0.29, 0.717) is 17.1 Å². The SMILES string of the molecule is COc1ccc(NC(=O)CCN(C(C)=O)c2ccccc2OC(C)C)cc1. The lowest BCUT2D eigenvalue weighted by Gasteiger charge is -2.24. The Morgan fingerprint density at radius 1 is 1.07 bits per heavy atom. The number of carbonyl (C=O) groups excluding carboxylic acids is 2. The minimum Gasteiger partial charge on any atom is -0.497 e. The normalized spacial score (nSPS) is 10.4. The third kappa shape index (κ3) is 6.02. The average Bonchev–Trinajstić information content (AvgIpc) is 2.63. The first-order valence-corrected chi connectivity index (χ1v) is 8.88. The van der Waals surface area contributed by atoms with Gasteiger partial charge < -0.3 is 19.7 Å². The van der Waals surface area contributed by atoms with Gasteiger partial charge >= 0.3 is 0 Å². The van der Waals surface area contributed by atoms with Gasteiger partial charge in [-0.05, 0) is 50.2 Å². The highest BCUT2D eigenvalue weighted by atomic mass is 16.5. The Kier molecular flexibility index (Phi) is 7.23. The van der Waals surface area contributed by atoms with Gasteiger partial charge in [0, 0.05) is 25.6 Å². The van der Waals surface area contributed by atoms with E-state index in [-0.39, 0.29) is 30.9 Å². The van der Waals surface area contributed by atoms with Crippen LogP contribution in [0.25, 0.3) is 0 Å². The maximum atomic E-state index is 12.3. The standard InChI is InChI=1S/C21H26N2O4/c1-15(2)27-20-8-6-5-7-19(20)23(16(3)24)14-13-21(25)22-17-9-11-18(26-4)12-10-17/h5-12,15H,13-14H2,1-4H3,(H,22,25). The molecule has 0 saturated carbocycles. The number of anilines is 2. The van der Waals surface area contributed by atoms with Crippen LogP contribution in [0.4, 0.5) is 11.4 Å². The quantitative estimate of drug-likeness (QED) is 0.766. The minimum atomic E-state index is -0.173. The molecule has 0 atom stereocenters. The lowest BCUT2D eigenvalue weighted by molar-refractivity contribution is -0.117. The van der Waals surface area contributed by atoms with Gasteiger partial charge in [-0.25, -0.2) is 0 Å². The molecule has 0 aromatic heterocycles. The first-order chi connectivity index (χ1) is 12.9.